The topological polar surface area (TPSA) is 20.3 Å². The van der Waals surface area contributed by atoms with Crippen molar-refractivity contribution < 1.29 is 4.79 Å². The van der Waals surface area contributed by atoms with E-state index in [9.17, 15) is 4.79 Å². The monoisotopic (exact) mass is 375 g/mol. The van der Waals surface area contributed by atoms with Crippen molar-refractivity contribution in [2.75, 3.05) is 24.8 Å². The van der Waals surface area contributed by atoms with Crippen molar-refractivity contribution in [2.45, 2.75) is 16.0 Å². The zero-order valence-electron chi connectivity index (χ0n) is 13.9. The van der Waals surface area contributed by atoms with E-state index in [1.54, 1.807) is 16.7 Å². The normalized spacial score (nSPS) is 14.8. The summed E-state index contributed by atoms with van der Waals surface area (Å²) in [4.78, 5) is 15.6. The largest absolute Gasteiger partial charge is 0.337 e. The first kappa shape index (κ1) is 17.8. The Morgan fingerprint density at radius 1 is 1.08 bits per heavy atom. The minimum absolute atomic E-state index is 0.0715. The summed E-state index contributed by atoms with van der Waals surface area (Å²) in [7, 11) is 1.86. The van der Waals surface area contributed by atoms with Crippen LogP contribution in [0.3, 0.4) is 0 Å². The average molecular weight is 376 g/mol. The van der Waals surface area contributed by atoms with Crippen LogP contribution in [0.4, 0.5) is 0 Å². The molecular formula is C19H21NOS3. The van der Waals surface area contributed by atoms with E-state index in [1.807, 2.05) is 42.7 Å². The molecule has 0 aliphatic carbocycles. The van der Waals surface area contributed by atoms with Gasteiger partial charge in [0.15, 0.2) is 0 Å². The molecule has 2 aromatic rings. The predicted molar refractivity (Wildman–Crippen MR) is 108 cm³/mol. The standard InChI is InChI=1S/C19H21NOS3/c1-20(13-14-3-9-17(22-2)10-4-14)18(21)15-5-7-16(8-6-15)19-23-11-12-24-19/h3-10,19H,11-13H2,1-2H3. The number of amides is 1. The molecular weight excluding hydrogens is 354 g/mol. The van der Waals surface area contributed by atoms with E-state index in [0.717, 1.165) is 11.1 Å². The van der Waals surface area contributed by atoms with Gasteiger partial charge < -0.3 is 4.90 Å². The van der Waals surface area contributed by atoms with E-state index >= 15 is 0 Å². The Labute approximate surface area is 156 Å². The molecule has 2 nitrogen and oxygen atoms in total. The predicted octanol–water partition coefficient (Wildman–Crippen LogP) is 5.16. The van der Waals surface area contributed by atoms with Crippen LogP contribution in [0.2, 0.25) is 0 Å². The lowest BCUT2D eigenvalue weighted by Gasteiger charge is -2.18. The Balaban J connectivity index is 1.63. The number of carbonyl (C=O) groups is 1. The van der Waals surface area contributed by atoms with Crippen molar-refractivity contribution >= 4 is 41.2 Å². The Morgan fingerprint density at radius 2 is 1.71 bits per heavy atom. The van der Waals surface area contributed by atoms with Gasteiger partial charge in [0.05, 0.1) is 4.58 Å². The molecule has 0 spiro atoms. The molecule has 5 heteroatoms. The lowest BCUT2D eigenvalue weighted by molar-refractivity contribution is 0.0785. The van der Waals surface area contributed by atoms with Gasteiger partial charge in [0.1, 0.15) is 0 Å². The van der Waals surface area contributed by atoms with E-state index in [0.29, 0.717) is 11.1 Å². The highest BCUT2D eigenvalue weighted by molar-refractivity contribution is 8.19. The number of carbonyl (C=O) groups excluding carboxylic acids is 1. The first-order valence-electron chi connectivity index (χ1n) is 7.89. The van der Waals surface area contributed by atoms with Gasteiger partial charge in [-0.05, 0) is 41.6 Å². The van der Waals surface area contributed by atoms with E-state index < -0.39 is 0 Å². The molecule has 1 aliphatic rings. The summed E-state index contributed by atoms with van der Waals surface area (Å²) < 4.78 is 0.529. The first-order valence-corrected chi connectivity index (χ1v) is 11.2. The van der Waals surface area contributed by atoms with Gasteiger partial charge in [-0.2, -0.15) is 0 Å². The maximum absolute atomic E-state index is 12.6. The molecule has 0 radical (unpaired) electrons. The van der Waals surface area contributed by atoms with Crippen LogP contribution in [-0.2, 0) is 6.54 Å². The molecule has 0 unspecified atom stereocenters. The van der Waals surface area contributed by atoms with Crippen molar-refractivity contribution in [2.24, 2.45) is 0 Å². The summed E-state index contributed by atoms with van der Waals surface area (Å²) >= 11 is 5.70. The molecule has 0 aromatic heterocycles. The third-order valence-electron chi connectivity index (χ3n) is 3.98. The maximum atomic E-state index is 12.6. The fourth-order valence-electron chi connectivity index (χ4n) is 2.63. The Kier molecular flexibility index (Phi) is 6.19. The quantitative estimate of drug-likeness (QED) is 0.673. The van der Waals surface area contributed by atoms with Crippen molar-refractivity contribution in [1.29, 1.82) is 0 Å². The van der Waals surface area contributed by atoms with Crippen LogP contribution >= 0.6 is 35.3 Å². The number of benzene rings is 2. The van der Waals surface area contributed by atoms with Gasteiger partial charge in [0, 0.05) is 35.6 Å². The van der Waals surface area contributed by atoms with Gasteiger partial charge in [-0.1, -0.05) is 24.3 Å². The summed E-state index contributed by atoms with van der Waals surface area (Å²) in [6, 6.07) is 16.5. The Bertz CT molecular complexity index is 679. The molecule has 1 saturated heterocycles. The van der Waals surface area contributed by atoms with E-state index in [2.05, 4.69) is 42.7 Å². The Hall–Kier alpha value is -1.04. The molecule has 0 bridgehead atoms. The van der Waals surface area contributed by atoms with Crippen LogP contribution in [0, 0.1) is 0 Å². The lowest BCUT2D eigenvalue weighted by Crippen LogP contribution is -2.26. The van der Waals surface area contributed by atoms with Crippen LogP contribution in [0.25, 0.3) is 0 Å². The Morgan fingerprint density at radius 3 is 2.29 bits per heavy atom. The maximum Gasteiger partial charge on any atom is 0.253 e. The molecule has 0 atom stereocenters. The van der Waals surface area contributed by atoms with Gasteiger partial charge in [-0.25, -0.2) is 0 Å². The summed E-state index contributed by atoms with van der Waals surface area (Å²) in [5, 5.41) is 0. The van der Waals surface area contributed by atoms with E-state index in [1.165, 1.54) is 22.0 Å². The summed E-state index contributed by atoms with van der Waals surface area (Å²) in [6.45, 7) is 0.629. The minimum Gasteiger partial charge on any atom is -0.337 e. The zero-order valence-corrected chi connectivity index (χ0v) is 16.3. The van der Waals surface area contributed by atoms with Crippen molar-refractivity contribution in [3.05, 3.63) is 65.2 Å². The van der Waals surface area contributed by atoms with Crippen LogP contribution in [0.1, 0.15) is 26.1 Å². The second-order valence-electron chi connectivity index (χ2n) is 5.70. The lowest BCUT2D eigenvalue weighted by atomic mass is 10.1. The summed E-state index contributed by atoms with van der Waals surface area (Å²) in [5.74, 6) is 2.50. The second kappa shape index (κ2) is 8.37. The van der Waals surface area contributed by atoms with Gasteiger partial charge >= 0.3 is 0 Å². The van der Waals surface area contributed by atoms with Crippen molar-refractivity contribution in [1.82, 2.24) is 4.90 Å². The van der Waals surface area contributed by atoms with Crippen LogP contribution in [0.5, 0.6) is 0 Å². The van der Waals surface area contributed by atoms with Gasteiger partial charge in [0.2, 0.25) is 0 Å². The minimum atomic E-state index is 0.0715. The summed E-state index contributed by atoms with van der Waals surface area (Å²) in [6.07, 6.45) is 2.07. The van der Waals surface area contributed by atoms with Crippen molar-refractivity contribution in [3.63, 3.8) is 0 Å². The van der Waals surface area contributed by atoms with Gasteiger partial charge in [-0.3, -0.25) is 4.79 Å². The number of thioether (sulfide) groups is 3. The third kappa shape index (κ3) is 4.32. The highest BCUT2D eigenvalue weighted by Gasteiger charge is 2.19. The average Bonchev–Trinajstić information content (AvgIpc) is 3.16. The first-order chi connectivity index (χ1) is 11.7. The van der Waals surface area contributed by atoms with Gasteiger partial charge in [0.25, 0.3) is 5.91 Å². The molecule has 0 N–H and O–H groups in total. The molecule has 24 heavy (non-hydrogen) atoms. The highest BCUT2D eigenvalue weighted by atomic mass is 32.2. The smallest absolute Gasteiger partial charge is 0.253 e. The third-order valence-corrected chi connectivity index (χ3v) is 7.83. The summed E-state index contributed by atoms with van der Waals surface area (Å²) in [5.41, 5.74) is 3.23. The number of hydrogen-bond donors (Lipinski definition) is 0. The molecule has 126 valence electrons. The highest BCUT2D eigenvalue weighted by Crippen LogP contribution is 2.45. The van der Waals surface area contributed by atoms with Crippen LogP contribution in [-0.4, -0.2) is 35.6 Å². The number of hydrogen-bond acceptors (Lipinski definition) is 4. The van der Waals surface area contributed by atoms with Crippen molar-refractivity contribution in [3.8, 4) is 0 Å². The molecule has 3 rings (SSSR count). The molecule has 1 heterocycles. The zero-order chi connectivity index (χ0) is 16.9. The fraction of sp³-hybridized carbons (Fsp3) is 0.316. The van der Waals surface area contributed by atoms with Crippen LogP contribution < -0.4 is 0 Å². The SMILES string of the molecule is CSc1ccc(CN(C)C(=O)c2ccc(C3SCCS3)cc2)cc1. The van der Waals surface area contributed by atoms with E-state index in [4.69, 9.17) is 0 Å². The molecule has 1 aliphatic heterocycles. The van der Waals surface area contributed by atoms with E-state index in [-0.39, 0.29) is 5.91 Å². The number of nitrogens with zero attached hydrogens (tertiary/aromatic N) is 1. The second-order valence-corrected chi connectivity index (χ2v) is 9.31. The van der Waals surface area contributed by atoms with Crippen LogP contribution in [0.15, 0.2) is 53.4 Å². The molecule has 0 saturated carbocycles. The molecule has 2 aromatic carbocycles. The van der Waals surface area contributed by atoms with Gasteiger partial charge in [-0.15, -0.1) is 35.3 Å². The molecule has 1 amide bonds. The fourth-order valence-corrected chi connectivity index (χ4v) is 5.90. The number of rotatable bonds is 5. The molecule has 1 fully saturated rings.